The molecule has 0 atom stereocenters. The largest absolute Gasteiger partial charge is 0.316 e. The van der Waals surface area contributed by atoms with Gasteiger partial charge in [0, 0.05) is 12.1 Å². The highest BCUT2D eigenvalue weighted by molar-refractivity contribution is 7.92. The van der Waals surface area contributed by atoms with E-state index in [1.54, 1.807) is 5.43 Å². The van der Waals surface area contributed by atoms with Crippen LogP contribution in [-0.4, -0.2) is 27.0 Å². The first kappa shape index (κ1) is 21.6. The first-order valence-corrected chi connectivity index (χ1v) is 9.74. The Balaban J connectivity index is 2.15. The van der Waals surface area contributed by atoms with Crippen molar-refractivity contribution in [3.63, 3.8) is 0 Å². The van der Waals surface area contributed by atoms with Crippen LogP contribution in [0.3, 0.4) is 0 Å². The molecule has 0 saturated heterocycles. The topological polar surface area (TPSA) is 78.5 Å². The number of sulfonamides is 1. The average Bonchev–Trinajstić information content (AvgIpc) is 2.59. The van der Waals surface area contributed by atoms with Gasteiger partial charge in [-0.05, 0) is 29.8 Å². The second-order valence-electron chi connectivity index (χ2n) is 5.82. The summed E-state index contributed by atoms with van der Waals surface area (Å²) in [6.45, 7) is -0.501. The van der Waals surface area contributed by atoms with Gasteiger partial charge >= 0.3 is 12.3 Å². The lowest BCUT2D eigenvalue weighted by Gasteiger charge is -2.23. The molecule has 0 radical (unpaired) electrons. The van der Waals surface area contributed by atoms with Crippen LogP contribution in [0.15, 0.2) is 42.5 Å². The molecule has 0 unspecified atom stereocenters. The van der Waals surface area contributed by atoms with E-state index in [0.29, 0.717) is 5.56 Å². The number of carbonyl (C=O) groups is 1. The molecular weight excluding hydrogens is 402 g/mol. The number of hydrogen-bond donors (Lipinski definition) is 2. The highest BCUT2D eigenvalue weighted by Gasteiger charge is 2.20. The summed E-state index contributed by atoms with van der Waals surface area (Å²) in [5, 5.41) is 0. The number of rotatable bonds is 8. The number of benzene rings is 2. The lowest BCUT2D eigenvalue weighted by atomic mass is 10.1. The molecule has 0 aliphatic rings. The van der Waals surface area contributed by atoms with Gasteiger partial charge in [-0.3, -0.25) is 14.5 Å². The van der Waals surface area contributed by atoms with Crippen molar-refractivity contribution in [3.05, 3.63) is 65.2 Å². The third kappa shape index (κ3) is 5.92. The Morgan fingerprint density at radius 3 is 2.43 bits per heavy atom. The molecule has 2 aromatic rings. The predicted octanol–water partition coefficient (Wildman–Crippen LogP) is 2.32. The summed E-state index contributed by atoms with van der Waals surface area (Å²) < 4.78 is 76.9. The molecule has 0 saturated carbocycles. The van der Waals surface area contributed by atoms with E-state index in [2.05, 4.69) is 5.43 Å². The van der Waals surface area contributed by atoms with Crippen molar-refractivity contribution < 1.29 is 30.8 Å². The van der Waals surface area contributed by atoms with Gasteiger partial charge in [0.2, 0.25) is 10.0 Å². The molecule has 28 heavy (non-hydrogen) atoms. The Morgan fingerprint density at radius 1 is 1.14 bits per heavy atom. The van der Waals surface area contributed by atoms with Crippen LogP contribution in [0.4, 0.5) is 23.2 Å². The zero-order chi connectivity index (χ0) is 20.9. The second kappa shape index (κ2) is 9.02. The standard InChI is InChI=1S/C17H17F4N3O3S/c1-28(26,27)24(14-4-2-3-13(18)8-14)10-12-6-5-11(7-15(12)19)9-22-23-17(25)16(20)21/h2-8,16,22H,9-10H2,1H3,(H,23,25). The molecule has 0 heterocycles. The Kier molecular flexibility index (Phi) is 6.97. The summed E-state index contributed by atoms with van der Waals surface area (Å²) >= 11 is 0. The summed E-state index contributed by atoms with van der Waals surface area (Å²) in [6.07, 6.45) is -2.27. The molecule has 0 aliphatic heterocycles. The molecule has 0 bridgehead atoms. The molecule has 6 nitrogen and oxygen atoms in total. The molecule has 0 aromatic heterocycles. The summed E-state index contributed by atoms with van der Waals surface area (Å²) in [5.74, 6) is -2.90. The molecule has 2 aromatic carbocycles. The van der Waals surface area contributed by atoms with Crippen LogP contribution in [0.25, 0.3) is 0 Å². The Labute approximate surface area is 159 Å². The summed E-state index contributed by atoms with van der Waals surface area (Å²) in [5.41, 5.74) is 4.38. The van der Waals surface area contributed by atoms with E-state index in [1.165, 1.54) is 24.3 Å². The van der Waals surface area contributed by atoms with Crippen molar-refractivity contribution >= 4 is 21.6 Å². The molecule has 0 spiro atoms. The van der Waals surface area contributed by atoms with Crippen LogP contribution >= 0.6 is 0 Å². The van der Waals surface area contributed by atoms with Crippen LogP contribution in [0.5, 0.6) is 0 Å². The van der Waals surface area contributed by atoms with Gasteiger partial charge in [0.25, 0.3) is 0 Å². The monoisotopic (exact) mass is 419 g/mol. The van der Waals surface area contributed by atoms with Crippen LogP contribution in [0.1, 0.15) is 11.1 Å². The SMILES string of the molecule is CS(=O)(=O)N(Cc1ccc(CNNC(=O)C(F)F)cc1F)c1cccc(F)c1. The maximum Gasteiger partial charge on any atom is 0.316 e. The zero-order valence-electron chi connectivity index (χ0n) is 14.6. The molecule has 2 rings (SSSR count). The molecule has 0 aliphatic carbocycles. The van der Waals surface area contributed by atoms with Gasteiger partial charge in [-0.25, -0.2) is 22.6 Å². The molecular formula is C17H17F4N3O3S. The molecule has 0 fully saturated rings. The van der Waals surface area contributed by atoms with Gasteiger partial charge in [-0.2, -0.15) is 8.78 Å². The smallest absolute Gasteiger partial charge is 0.286 e. The summed E-state index contributed by atoms with van der Waals surface area (Å²) in [4.78, 5) is 10.7. The number of hydrogen-bond acceptors (Lipinski definition) is 4. The number of anilines is 1. The minimum Gasteiger partial charge on any atom is -0.286 e. The minimum atomic E-state index is -3.82. The van der Waals surface area contributed by atoms with Crippen molar-refractivity contribution in [1.29, 1.82) is 0 Å². The number of amides is 1. The summed E-state index contributed by atoms with van der Waals surface area (Å²) in [7, 11) is -3.82. The quantitative estimate of drug-likeness (QED) is 0.509. The van der Waals surface area contributed by atoms with Gasteiger partial charge in [0.05, 0.1) is 18.5 Å². The van der Waals surface area contributed by atoms with Crippen molar-refractivity contribution in [2.75, 3.05) is 10.6 Å². The minimum absolute atomic E-state index is 0.0232. The maximum atomic E-state index is 14.4. The Hall–Kier alpha value is -2.66. The predicted molar refractivity (Wildman–Crippen MR) is 94.8 cm³/mol. The van der Waals surface area contributed by atoms with E-state index in [-0.39, 0.29) is 24.3 Å². The number of nitrogens with zero attached hydrogens (tertiary/aromatic N) is 1. The van der Waals surface area contributed by atoms with E-state index in [1.807, 2.05) is 0 Å². The van der Waals surface area contributed by atoms with Crippen molar-refractivity contribution in [2.45, 2.75) is 19.5 Å². The van der Waals surface area contributed by atoms with Crippen LogP contribution in [-0.2, 0) is 27.9 Å². The average molecular weight is 419 g/mol. The number of alkyl halides is 2. The van der Waals surface area contributed by atoms with Crippen LogP contribution in [0, 0.1) is 11.6 Å². The fourth-order valence-corrected chi connectivity index (χ4v) is 3.17. The van der Waals surface area contributed by atoms with E-state index >= 15 is 0 Å². The number of hydrazine groups is 1. The number of halogens is 4. The van der Waals surface area contributed by atoms with Crippen molar-refractivity contribution in [2.24, 2.45) is 0 Å². The van der Waals surface area contributed by atoms with E-state index < -0.39 is 34.0 Å². The highest BCUT2D eigenvalue weighted by atomic mass is 32.2. The van der Waals surface area contributed by atoms with Crippen molar-refractivity contribution in [3.8, 4) is 0 Å². The molecule has 11 heteroatoms. The van der Waals surface area contributed by atoms with Crippen molar-refractivity contribution in [1.82, 2.24) is 10.9 Å². The first-order valence-electron chi connectivity index (χ1n) is 7.89. The van der Waals surface area contributed by atoms with Gasteiger partial charge in [-0.1, -0.05) is 18.2 Å². The third-order valence-electron chi connectivity index (χ3n) is 3.63. The normalized spacial score (nSPS) is 11.5. The van der Waals surface area contributed by atoms with E-state index in [0.717, 1.165) is 28.8 Å². The number of carbonyl (C=O) groups excluding carboxylic acids is 1. The molecule has 152 valence electrons. The highest BCUT2D eigenvalue weighted by Crippen LogP contribution is 2.23. The Morgan fingerprint density at radius 2 is 1.86 bits per heavy atom. The zero-order valence-corrected chi connectivity index (χ0v) is 15.4. The molecule has 2 N–H and O–H groups in total. The number of nitrogens with one attached hydrogen (secondary N) is 2. The fraction of sp³-hybridized carbons (Fsp3) is 0.235. The lowest BCUT2D eigenvalue weighted by Crippen LogP contribution is -2.40. The van der Waals surface area contributed by atoms with E-state index in [4.69, 9.17) is 0 Å². The Bertz CT molecular complexity index is 954. The molecule has 1 amide bonds. The first-order chi connectivity index (χ1) is 13.1. The third-order valence-corrected chi connectivity index (χ3v) is 4.77. The summed E-state index contributed by atoms with van der Waals surface area (Å²) in [6, 6.07) is 8.71. The van der Waals surface area contributed by atoms with Gasteiger partial charge in [0.1, 0.15) is 11.6 Å². The van der Waals surface area contributed by atoms with Crippen LogP contribution in [0.2, 0.25) is 0 Å². The van der Waals surface area contributed by atoms with Gasteiger partial charge in [-0.15, -0.1) is 0 Å². The van der Waals surface area contributed by atoms with E-state index in [9.17, 15) is 30.8 Å². The van der Waals surface area contributed by atoms with Gasteiger partial charge in [0.15, 0.2) is 0 Å². The maximum absolute atomic E-state index is 14.4. The van der Waals surface area contributed by atoms with Gasteiger partial charge < -0.3 is 0 Å². The second-order valence-corrected chi connectivity index (χ2v) is 7.73. The lowest BCUT2D eigenvalue weighted by molar-refractivity contribution is -0.132. The fourth-order valence-electron chi connectivity index (χ4n) is 2.30. The van der Waals surface area contributed by atoms with Crippen LogP contribution < -0.4 is 15.2 Å².